The number of morpholine rings is 1. The van der Waals surface area contributed by atoms with Crippen molar-refractivity contribution in [2.75, 3.05) is 19.7 Å². The smallest absolute Gasteiger partial charge is 0.250 e. The first-order valence-electron chi connectivity index (χ1n) is 6.05. The summed E-state index contributed by atoms with van der Waals surface area (Å²) < 4.78 is 18.1. The van der Waals surface area contributed by atoms with Crippen molar-refractivity contribution in [1.82, 2.24) is 10.6 Å². The molecule has 4 nitrogen and oxygen atoms in total. The van der Waals surface area contributed by atoms with Gasteiger partial charge in [0.25, 0.3) is 5.91 Å². The molecule has 0 aliphatic carbocycles. The van der Waals surface area contributed by atoms with Gasteiger partial charge in [-0.2, -0.15) is 0 Å². The van der Waals surface area contributed by atoms with Crippen molar-refractivity contribution in [3.63, 3.8) is 0 Å². The van der Waals surface area contributed by atoms with E-state index in [1.165, 1.54) is 12.1 Å². The third kappa shape index (κ3) is 3.27. The monoisotopic (exact) mass is 252 g/mol. The fourth-order valence-corrected chi connectivity index (χ4v) is 1.87. The lowest BCUT2D eigenvalue weighted by atomic mass is 10.1. The van der Waals surface area contributed by atoms with E-state index in [1.807, 2.05) is 6.92 Å². The Hall–Kier alpha value is -1.46. The quantitative estimate of drug-likeness (QED) is 0.843. The maximum atomic E-state index is 12.8. The second-order valence-corrected chi connectivity index (χ2v) is 4.35. The highest BCUT2D eigenvalue weighted by atomic mass is 19.1. The van der Waals surface area contributed by atoms with Gasteiger partial charge in [-0.3, -0.25) is 4.79 Å². The Bertz CT molecular complexity index is 402. The second kappa shape index (κ2) is 5.93. The average molecular weight is 252 g/mol. The molecule has 1 aliphatic rings. The van der Waals surface area contributed by atoms with Gasteiger partial charge in [0.05, 0.1) is 12.6 Å². The van der Waals surface area contributed by atoms with Crippen molar-refractivity contribution in [2.45, 2.75) is 19.1 Å². The van der Waals surface area contributed by atoms with Crippen LogP contribution in [0.15, 0.2) is 24.3 Å². The molecular formula is C13H17FN2O2. The molecule has 0 saturated carbocycles. The van der Waals surface area contributed by atoms with Crippen LogP contribution < -0.4 is 10.6 Å². The number of benzene rings is 1. The number of carbonyl (C=O) groups excluding carboxylic acids is 1. The molecule has 1 fully saturated rings. The lowest BCUT2D eigenvalue weighted by molar-refractivity contribution is -0.134. The molecule has 0 radical (unpaired) electrons. The van der Waals surface area contributed by atoms with Crippen LogP contribution in [0.2, 0.25) is 0 Å². The molecule has 1 aromatic rings. The summed E-state index contributed by atoms with van der Waals surface area (Å²) >= 11 is 0. The van der Waals surface area contributed by atoms with Crippen LogP contribution >= 0.6 is 0 Å². The van der Waals surface area contributed by atoms with E-state index >= 15 is 0 Å². The predicted molar refractivity (Wildman–Crippen MR) is 65.6 cm³/mol. The number of hydrogen-bond acceptors (Lipinski definition) is 3. The van der Waals surface area contributed by atoms with Gasteiger partial charge in [0.15, 0.2) is 0 Å². The molecule has 1 heterocycles. The van der Waals surface area contributed by atoms with Crippen LogP contribution in [0, 0.1) is 5.82 Å². The Morgan fingerprint density at radius 2 is 2.22 bits per heavy atom. The van der Waals surface area contributed by atoms with E-state index in [9.17, 15) is 9.18 Å². The highest BCUT2D eigenvalue weighted by molar-refractivity contribution is 5.81. The van der Waals surface area contributed by atoms with E-state index in [0.717, 1.165) is 12.1 Å². The maximum absolute atomic E-state index is 12.8. The Morgan fingerprint density at radius 1 is 1.50 bits per heavy atom. The van der Waals surface area contributed by atoms with Gasteiger partial charge in [-0.1, -0.05) is 12.1 Å². The predicted octanol–water partition coefficient (Wildman–Crippen LogP) is 0.991. The summed E-state index contributed by atoms with van der Waals surface area (Å²) in [5.41, 5.74) is 0.869. The zero-order valence-electron chi connectivity index (χ0n) is 10.3. The van der Waals surface area contributed by atoms with Crippen LogP contribution in [0.25, 0.3) is 0 Å². The minimum Gasteiger partial charge on any atom is -0.366 e. The standard InChI is InChI=1S/C13H17FN2O2/c1-9(10-2-4-11(14)5-3-10)16-13(17)12-8-15-6-7-18-12/h2-5,9,12,15H,6-8H2,1H3,(H,16,17)/t9-,12?/m1/s1. The Morgan fingerprint density at radius 3 is 2.83 bits per heavy atom. The van der Waals surface area contributed by atoms with Crippen LogP contribution in [0.1, 0.15) is 18.5 Å². The lowest BCUT2D eigenvalue weighted by Crippen LogP contribution is -2.48. The van der Waals surface area contributed by atoms with E-state index in [0.29, 0.717) is 13.2 Å². The van der Waals surface area contributed by atoms with E-state index in [2.05, 4.69) is 10.6 Å². The molecule has 0 bridgehead atoms. The van der Waals surface area contributed by atoms with Crippen molar-refractivity contribution in [2.24, 2.45) is 0 Å². The summed E-state index contributed by atoms with van der Waals surface area (Å²) in [6, 6.07) is 5.94. The molecule has 1 amide bonds. The molecule has 2 rings (SSSR count). The Kier molecular flexibility index (Phi) is 4.28. The van der Waals surface area contributed by atoms with Gasteiger partial charge in [-0.15, -0.1) is 0 Å². The fraction of sp³-hybridized carbons (Fsp3) is 0.462. The summed E-state index contributed by atoms with van der Waals surface area (Å²) in [6.45, 7) is 3.71. The summed E-state index contributed by atoms with van der Waals surface area (Å²) in [7, 11) is 0. The summed E-state index contributed by atoms with van der Waals surface area (Å²) in [6.07, 6.45) is -0.443. The van der Waals surface area contributed by atoms with E-state index in [-0.39, 0.29) is 17.8 Å². The number of halogens is 1. The zero-order valence-corrected chi connectivity index (χ0v) is 10.3. The van der Waals surface area contributed by atoms with Crippen molar-refractivity contribution in [1.29, 1.82) is 0 Å². The van der Waals surface area contributed by atoms with Crippen molar-refractivity contribution >= 4 is 5.91 Å². The zero-order chi connectivity index (χ0) is 13.0. The molecule has 2 N–H and O–H groups in total. The van der Waals surface area contributed by atoms with Crippen LogP contribution in [0.4, 0.5) is 4.39 Å². The number of carbonyl (C=O) groups is 1. The third-order valence-corrected chi connectivity index (χ3v) is 2.95. The topological polar surface area (TPSA) is 50.4 Å². The van der Waals surface area contributed by atoms with Gasteiger partial charge >= 0.3 is 0 Å². The third-order valence-electron chi connectivity index (χ3n) is 2.95. The summed E-state index contributed by atoms with van der Waals surface area (Å²) in [5, 5.41) is 5.96. The number of hydrogen-bond donors (Lipinski definition) is 2. The molecule has 1 aliphatic heterocycles. The molecule has 0 aromatic heterocycles. The van der Waals surface area contributed by atoms with E-state index < -0.39 is 6.10 Å². The average Bonchev–Trinajstić information content (AvgIpc) is 2.40. The van der Waals surface area contributed by atoms with E-state index in [4.69, 9.17) is 4.74 Å². The first kappa shape index (κ1) is 13.0. The molecule has 2 atom stereocenters. The normalized spacial score (nSPS) is 21.3. The summed E-state index contributed by atoms with van der Waals surface area (Å²) in [5.74, 6) is -0.420. The summed E-state index contributed by atoms with van der Waals surface area (Å²) in [4.78, 5) is 11.9. The van der Waals surface area contributed by atoms with Crippen LogP contribution in [0.5, 0.6) is 0 Å². The Labute approximate surface area is 106 Å². The van der Waals surface area contributed by atoms with Gasteiger partial charge in [-0.25, -0.2) is 4.39 Å². The lowest BCUT2D eigenvalue weighted by Gasteiger charge is -2.24. The molecule has 5 heteroatoms. The van der Waals surface area contributed by atoms with E-state index in [1.54, 1.807) is 12.1 Å². The Balaban J connectivity index is 1.91. The van der Waals surface area contributed by atoms with Gasteiger partial charge < -0.3 is 15.4 Å². The number of rotatable bonds is 3. The van der Waals surface area contributed by atoms with Crippen molar-refractivity contribution in [3.05, 3.63) is 35.6 Å². The molecule has 0 spiro atoms. The second-order valence-electron chi connectivity index (χ2n) is 4.35. The number of nitrogens with one attached hydrogen (secondary N) is 2. The highest BCUT2D eigenvalue weighted by Crippen LogP contribution is 2.13. The molecule has 1 unspecified atom stereocenters. The minimum absolute atomic E-state index is 0.140. The molecule has 1 saturated heterocycles. The van der Waals surface area contributed by atoms with Crippen LogP contribution in [-0.4, -0.2) is 31.7 Å². The van der Waals surface area contributed by atoms with Crippen molar-refractivity contribution in [3.8, 4) is 0 Å². The highest BCUT2D eigenvalue weighted by Gasteiger charge is 2.23. The minimum atomic E-state index is -0.443. The van der Waals surface area contributed by atoms with Gasteiger partial charge in [0.1, 0.15) is 11.9 Å². The van der Waals surface area contributed by atoms with Gasteiger partial charge in [0, 0.05) is 13.1 Å². The molecule has 1 aromatic carbocycles. The van der Waals surface area contributed by atoms with Crippen LogP contribution in [-0.2, 0) is 9.53 Å². The first-order chi connectivity index (χ1) is 8.66. The maximum Gasteiger partial charge on any atom is 0.250 e. The number of amides is 1. The number of ether oxygens (including phenoxy) is 1. The van der Waals surface area contributed by atoms with Crippen LogP contribution in [0.3, 0.4) is 0 Å². The molecule has 18 heavy (non-hydrogen) atoms. The fourth-order valence-electron chi connectivity index (χ4n) is 1.87. The van der Waals surface area contributed by atoms with Gasteiger partial charge in [-0.05, 0) is 24.6 Å². The SMILES string of the molecule is C[C@@H](NC(=O)C1CNCCO1)c1ccc(F)cc1. The molecule has 98 valence electrons. The largest absolute Gasteiger partial charge is 0.366 e. The molecular weight excluding hydrogens is 235 g/mol. The van der Waals surface area contributed by atoms with Gasteiger partial charge in [0.2, 0.25) is 0 Å². The first-order valence-corrected chi connectivity index (χ1v) is 6.05. The van der Waals surface area contributed by atoms with Crippen molar-refractivity contribution < 1.29 is 13.9 Å².